The second-order valence-corrected chi connectivity index (χ2v) is 5.99. The highest BCUT2D eigenvalue weighted by Crippen LogP contribution is 2.45. The molecular weight excluding hydrogens is 284 g/mol. The van der Waals surface area contributed by atoms with Crippen molar-refractivity contribution >= 4 is 38.8 Å². The lowest BCUT2D eigenvalue weighted by Gasteiger charge is -2.15. The molecule has 1 fully saturated rings. The standard InChI is InChI=1S/C12H15BrN2S/c1-12(5-6-12)7-15-9-4-2-3-8(13)10(9)11(14)16/h2-4,15H,5-7H2,1H3,(H2,14,16). The zero-order valence-corrected chi connectivity index (χ0v) is 11.6. The fraction of sp³-hybridized carbons (Fsp3) is 0.417. The summed E-state index contributed by atoms with van der Waals surface area (Å²) in [7, 11) is 0. The van der Waals surface area contributed by atoms with E-state index in [0.29, 0.717) is 10.4 Å². The molecule has 16 heavy (non-hydrogen) atoms. The van der Waals surface area contributed by atoms with Crippen LogP contribution in [0.5, 0.6) is 0 Å². The van der Waals surface area contributed by atoms with E-state index in [0.717, 1.165) is 22.3 Å². The molecule has 1 aromatic rings. The minimum Gasteiger partial charge on any atom is -0.389 e. The smallest absolute Gasteiger partial charge is 0.107 e. The molecule has 4 heteroatoms. The highest BCUT2D eigenvalue weighted by atomic mass is 79.9. The highest BCUT2D eigenvalue weighted by molar-refractivity contribution is 9.10. The number of hydrogen-bond acceptors (Lipinski definition) is 2. The Morgan fingerprint density at radius 3 is 2.81 bits per heavy atom. The average molecular weight is 299 g/mol. The van der Waals surface area contributed by atoms with Crippen molar-refractivity contribution in [3.8, 4) is 0 Å². The number of hydrogen-bond donors (Lipinski definition) is 2. The van der Waals surface area contributed by atoms with Gasteiger partial charge in [0.15, 0.2) is 0 Å². The van der Waals surface area contributed by atoms with Gasteiger partial charge in [0.1, 0.15) is 4.99 Å². The maximum absolute atomic E-state index is 5.73. The summed E-state index contributed by atoms with van der Waals surface area (Å²) in [5.74, 6) is 0. The van der Waals surface area contributed by atoms with Gasteiger partial charge in [0, 0.05) is 22.3 Å². The summed E-state index contributed by atoms with van der Waals surface area (Å²) in [6.07, 6.45) is 2.60. The molecule has 0 radical (unpaired) electrons. The molecular formula is C12H15BrN2S. The van der Waals surface area contributed by atoms with Gasteiger partial charge in [-0.2, -0.15) is 0 Å². The van der Waals surface area contributed by atoms with Crippen LogP contribution in [0.25, 0.3) is 0 Å². The van der Waals surface area contributed by atoms with E-state index in [9.17, 15) is 0 Å². The number of anilines is 1. The summed E-state index contributed by atoms with van der Waals surface area (Å²) in [5.41, 5.74) is 8.13. The van der Waals surface area contributed by atoms with Gasteiger partial charge >= 0.3 is 0 Å². The molecule has 0 aliphatic heterocycles. The molecule has 2 nitrogen and oxygen atoms in total. The van der Waals surface area contributed by atoms with Gasteiger partial charge in [-0.3, -0.25) is 0 Å². The van der Waals surface area contributed by atoms with E-state index in [4.69, 9.17) is 18.0 Å². The fourth-order valence-corrected chi connectivity index (χ4v) is 2.55. The molecule has 0 bridgehead atoms. The van der Waals surface area contributed by atoms with Crippen molar-refractivity contribution in [3.63, 3.8) is 0 Å². The molecule has 0 aromatic heterocycles. The van der Waals surface area contributed by atoms with Crippen molar-refractivity contribution in [1.29, 1.82) is 0 Å². The first-order valence-electron chi connectivity index (χ1n) is 5.34. The van der Waals surface area contributed by atoms with Crippen LogP contribution in [0.2, 0.25) is 0 Å². The van der Waals surface area contributed by atoms with Crippen LogP contribution in [0.4, 0.5) is 5.69 Å². The van der Waals surface area contributed by atoms with E-state index in [-0.39, 0.29) is 0 Å². The van der Waals surface area contributed by atoms with Gasteiger partial charge in [0.05, 0.1) is 0 Å². The topological polar surface area (TPSA) is 38.0 Å². The van der Waals surface area contributed by atoms with Crippen LogP contribution in [-0.2, 0) is 0 Å². The monoisotopic (exact) mass is 298 g/mol. The van der Waals surface area contributed by atoms with Gasteiger partial charge in [0.25, 0.3) is 0 Å². The van der Waals surface area contributed by atoms with Crippen molar-refractivity contribution in [1.82, 2.24) is 0 Å². The predicted octanol–water partition coefficient (Wildman–Crippen LogP) is 3.30. The summed E-state index contributed by atoms with van der Waals surface area (Å²) >= 11 is 8.54. The van der Waals surface area contributed by atoms with E-state index in [1.165, 1.54) is 12.8 Å². The maximum atomic E-state index is 5.73. The first kappa shape index (κ1) is 11.9. The van der Waals surface area contributed by atoms with Crippen LogP contribution >= 0.6 is 28.1 Å². The summed E-state index contributed by atoms with van der Waals surface area (Å²) in [5, 5.41) is 3.44. The highest BCUT2D eigenvalue weighted by Gasteiger charge is 2.36. The normalized spacial score (nSPS) is 16.9. The Morgan fingerprint density at radius 2 is 2.25 bits per heavy atom. The van der Waals surface area contributed by atoms with Crippen molar-refractivity contribution in [2.75, 3.05) is 11.9 Å². The second kappa shape index (κ2) is 4.34. The summed E-state index contributed by atoms with van der Waals surface area (Å²) in [4.78, 5) is 0.427. The molecule has 0 unspecified atom stereocenters. The Kier molecular flexibility index (Phi) is 3.22. The van der Waals surface area contributed by atoms with Crippen LogP contribution < -0.4 is 11.1 Å². The molecule has 0 atom stereocenters. The number of thiocarbonyl (C=S) groups is 1. The summed E-state index contributed by atoms with van der Waals surface area (Å²) < 4.78 is 0.950. The fourth-order valence-electron chi connectivity index (χ4n) is 1.62. The van der Waals surface area contributed by atoms with Crippen LogP contribution in [0.15, 0.2) is 22.7 Å². The van der Waals surface area contributed by atoms with Crippen molar-refractivity contribution in [2.24, 2.45) is 11.1 Å². The lowest BCUT2D eigenvalue weighted by Crippen LogP contribution is -2.17. The van der Waals surface area contributed by atoms with E-state index >= 15 is 0 Å². The Morgan fingerprint density at radius 1 is 1.56 bits per heavy atom. The minimum atomic E-state index is 0.427. The Labute approximate surface area is 110 Å². The molecule has 1 aliphatic carbocycles. The minimum absolute atomic E-state index is 0.427. The molecule has 1 saturated carbocycles. The third-order valence-corrected chi connectivity index (χ3v) is 3.93. The number of benzene rings is 1. The van der Waals surface area contributed by atoms with Crippen molar-refractivity contribution in [2.45, 2.75) is 19.8 Å². The van der Waals surface area contributed by atoms with E-state index < -0.39 is 0 Å². The van der Waals surface area contributed by atoms with Crippen LogP contribution in [0.3, 0.4) is 0 Å². The largest absolute Gasteiger partial charge is 0.389 e. The maximum Gasteiger partial charge on any atom is 0.107 e. The first-order valence-corrected chi connectivity index (χ1v) is 6.54. The van der Waals surface area contributed by atoms with Gasteiger partial charge in [-0.05, 0) is 46.3 Å². The predicted molar refractivity (Wildman–Crippen MR) is 75.9 cm³/mol. The molecule has 0 spiro atoms. The second-order valence-electron chi connectivity index (χ2n) is 4.69. The van der Waals surface area contributed by atoms with E-state index in [1.807, 2.05) is 18.2 Å². The number of nitrogens with two attached hydrogens (primary N) is 1. The number of rotatable bonds is 4. The average Bonchev–Trinajstić information content (AvgIpc) is 2.94. The molecule has 0 amide bonds. The molecule has 1 aliphatic rings. The van der Waals surface area contributed by atoms with E-state index in [1.54, 1.807) is 0 Å². The lowest BCUT2D eigenvalue weighted by molar-refractivity contribution is 0.610. The van der Waals surface area contributed by atoms with Crippen LogP contribution in [0, 0.1) is 5.41 Å². The molecule has 0 heterocycles. The summed E-state index contributed by atoms with van der Waals surface area (Å²) in [6.45, 7) is 3.28. The Hall–Kier alpha value is -0.610. The Balaban J connectivity index is 2.19. The Bertz CT molecular complexity index is 427. The van der Waals surface area contributed by atoms with Crippen molar-refractivity contribution in [3.05, 3.63) is 28.2 Å². The van der Waals surface area contributed by atoms with Gasteiger partial charge < -0.3 is 11.1 Å². The third-order valence-electron chi connectivity index (χ3n) is 3.07. The zero-order valence-electron chi connectivity index (χ0n) is 9.22. The molecule has 3 N–H and O–H groups in total. The number of halogens is 1. The van der Waals surface area contributed by atoms with Crippen molar-refractivity contribution < 1.29 is 0 Å². The van der Waals surface area contributed by atoms with Gasteiger partial charge in [0.2, 0.25) is 0 Å². The van der Waals surface area contributed by atoms with Gasteiger partial charge in [-0.25, -0.2) is 0 Å². The molecule has 2 rings (SSSR count). The summed E-state index contributed by atoms with van der Waals surface area (Å²) in [6, 6.07) is 5.97. The van der Waals surface area contributed by atoms with Gasteiger partial charge in [-0.1, -0.05) is 25.2 Å². The number of nitrogens with one attached hydrogen (secondary N) is 1. The van der Waals surface area contributed by atoms with E-state index in [2.05, 4.69) is 28.2 Å². The van der Waals surface area contributed by atoms with Gasteiger partial charge in [-0.15, -0.1) is 0 Å². The molecule has 1 aromatic carbocycles. The first-order chi connectivity index (χ1) is 7.52. The molecule has 0 saturated heterocycles. The van der Waals surface area contributed by atoms with Crippen LogP contribution in [0.1, 0.15) is 25.3 Å². The SMILES string of the molecule is CC1(CNc2cccc(Br)c2C(N)=S)CC1. The van der Waals surface area contributed by atoms with Crippen LogP contribution in [-0.4, -0.2) is 11.5 Å². The lowest BCUT2D eigenvalue weighted by atomic mass is 10.1. The zero-order chi connectivity index (χ0) is 11.8. The third kappa shape index (κ3) is 2.55. The molecule has 86 valence electrons. The quantitative estimate of drug-likeness (QED) is 0.838.